The summed E-state index contributed by atoms with van der Waals surface area (Å²) in [4.78, 5) is 35.8. The van der Waals surface area contributed by atoms with Crippen LogP contribution in [0.2, 0.25) is 5.02 Å². The number of anilines is 1. The SMILES string of the molecule is CN1CCN(C(=O)[C@H](Cc2ccccc2)n2cnc(-c3cc(Cl)ccc3N3C=C(Cl)NN3)cc2=O)CC1. The van der Waals surface area contributed by atoms with Gasteiger partial charge in [0.25, 0.3) is 5.56 Å². The Morgan fingerprint density at radius 1 is 1.05 bits per heavy atom. The molecule has 1 aromatic heterocycles. The van der Waals surface area contributed by atoms with Gasteiger partial charge in [-0.25, -0.2) is 4.98 Å². The van der Waals surface area contributed by atoms with Gasteiger partial charge in [0.15, 0.2) is 0 Å². The summed E-state index contributed by atoms with van der Waals surface area (Å²) in [5.41, 5.74) is 8.16. The van der Waals surface area contributed by atoms with Crippen molar-refractivity contribution in [1.29, 1.82) is 0 Å². The molecule has 5 rings (SSSR count). The molecule has 37 heavy (non-hydrogen) atoms. The molecule has 2 aliphatic rings. The van der Waals surface area contributed by atoms with E-state index in [-0.39, 0.29) is 11.5 Å². The van der Waals surface area contributed by atoms with Crippen LogP contribution >= 0.6 is 23.2 Å². The Labute approximate surface area is 224 Å². The maximum absolute atomic E-state index is 13.7. The number of hydrazine groups is 2. The maximum Gasteiger partial charge on any atom is 0.254 e. The van der Waals surface area contributed by atoms with E-state index < -0.39 is 6.04 Å². The molecule has 1 fully saturated rings. The number of piperazine rings is 1. The highest BCUT2D eigenvalue weighted by molar-refractivity contribution is 6.31. The molecule has 3 aromatic rings. The Morgan fingerprint density at radius 3 is 2.49 bits per heavy atom. The highest BCUT2D eigenvalue weighted by atomic mass is 35.5. The predicted molar refractivity (Wildman–Crippen MR) is 145 cm³/mol. The standard InChI is InChI=1S/C26H27Cl2N7O2/c1-32-9-11-33(12-10-32)26(37)23(13-18-5-3-2-4-6-18)34-17-29-21(15-25(34)36)20-14-19(27)7-8-22(20)35-16-24(28)30-31-35/h2-8,14-17,23,30-31H,9-13H2,1H3/t23-/m0/s1. The van der Waals surface area contributed by atoms with Gasteiger partial charge in [0.1, 0.15) is 11.2 Å². The van der Waals surface area contributed by atoms with E-state index in [1.807, 2.05) is 42.3 Å². The highest BCUT2D eigenvalue weighted by Gasteiger charge is 2.29. The third-order valence-electron chi connectivity index (χ3n) is 6.58. The number of aromatic nitrogens is 2. The molecule has 1 amide bonds. The van der Waals surface area contributed by atoms with Gasteiger partial charge >= 0.3 is 0 Å². The molecule has 2 aromatic carbocycles. The number of likely N-dealkylation sites (N-methyl/N-ethyl adjacent to an activating group) is 1. The molecule has 1 saturated heterocycles. The molecule has 3 heterocycles. The van der Waals surface area contributed by atoms with Gasteiger partial charge in [-0.05, 0) is 30.8 Å². The zero-order valence-corrected chi connectivity index (χ0v) is 21.8. The Kier molecular flexibility index (Phi) is 7.48. The van der Waals surface area contributed by atoms with Crippen molar-refractivity contribution >= 4 is 34.8 Å². The number of benzene rings is 2. The van der Waals surface area contributed by atoms with Crippen LogP contribution < -0.4 is 21.5 Å². The van der Waals surface area contributed by atoms with Crippen molar-refractivity contribution in [3.8, 4) is 11.3 Å². The zero-order valence-electron chi connectivity index (χ0n) is 20.3. The lowest BCUT2D eigenvalue weighted by molar-refractivity contribution is -0.136. The molecule has 0 radical (unpaired) electrons. The molecular weight excluding hydrogens is 513 g/mol. The molecule has 2 aliphatic heterocycles. The van der Waals surface area contributed by atoms with E-state index in [4.69, 9.17) is 23.2 Å². The summed E-state index contributed by atoms with van der Waals surface area (Å²) in [5.74, 6) is -0.0795. The van der Waals surface area contributed by atoms with Crippen molar-refractivity contribution in [2.24, 2.45) is 0 Å². The van der Waals surface area contributed by atoms with E-state index in [0.29, 0.717) is 46.6 Å². The number of hydrogen-bond donors (Lipinski definition) is 2. The summed E-state index contributed by atoms with van der Waals surface area (Å²) in [6.07, 6.45) is 3.52. The molecule has 2 N–H and O–H groups in total. The van der Waals surface area contributed by atoms with Gasteiger partial charge in [0, 0.05) is 49.3 Å². The third kappa shape index (κ3) is 5.65. The molecule has 0 saturated carbocycles. The second kappa shape index (κ2) is 10.9. The highest BCUT2D eigenvalue weighted by Crippen LogP contribution is 2.32. The van der Waals surface area contributed by atoms with Crippen molar-refractivity contribution in [3.05, 3.63) is 93.2 Å². The first-order valence-electron chi connectivity index (χ1n) is 12.0. The molecule has 1 atom stereocenters. The van der Waals surface area contributed by atoms with E-state index in [1.165, 1.54) is 17.0 Å². The van der Waals surface area contributed by atoms with Gasteiger partial charge in [-0.15, -0.1) is 5.53 Å². The summed E-state index contributed by atoms with van der Waals surface area (Å²) in [6.45, 7) is 2.84. The van der Waals surface area contributed by atoms with Gasteiger partial charge in [0.05, 0.1) is 23.9 Å². The van der Waals surface area contributed by atoms with Crippen molar-refractivity contribution in [1.82, 2.24) is 30.3 Å². The Hall–Kier alpha value is -3.37. The number of carbonyl (C=O) groups excluding carboxylic acids is 1. The number of amides is 1. The van der Waals surface area contributed by atoms with Crippen LogP contribution in [0.15, 0.2) is 77.1 Å². The predicted octanol–water partition coefficient (Wildman–Crippen LogP) is 2.99. The largest absolute Gasteiger partial charge is 0.338 e. The average Bonchev–Trinajstić information content (AvgIpc) is 3.34. The lowest BCUT2D eigenvalue weighted by Crippen LogP contribution is -2.50. The lowest BCUT2D eigenvalue weighted by Gasteiger charge is -2.35. The first-order valence-corrected chi connectivity index (χ1v) is 12.7. The molecule has 0 aliphatic carbocycles. The minimum absolute atomic E-state index is 0.0795. The normalized spacial score (nSPS) is 16.9. The van der Waals surface area contributed by atoms with Crippen LogP contribution in [0.25, 0.3) is 11.3 Å². The minimum Gasteiger partial charge on any atom is -0.338 e. The van der Waals surface area contributed by atoms with Crippen LogP contribution in [-0.4, -0.2) is 58.5 Å². The Balaban J connectivity index is 1.50. The number of hydrogen-bond acceptors (Lipinski definition) is 7. The fourth-order valence-electron chi connectivity index (χ4n) is 4.52. The van der Waals surface area contributed by atoms with Crippen LogP contribution in [0, 0.1) is 0 Å². The summed E-state index contributed by atoms with van der Waals surface area (Å²) in [7, 11) is 2.04. The van der Waals surface area contributed by atoms with E-state index in [2.05, 4.69) is 20.8 Å². The van der Waals surface area contributed by atoms with Gasteiger partial charge in [-0.3, -0.25) is 24.6 Å². The van der Waals surface area contributed by atoms with Gasteiger partial charge < -0.3 is 9.80 Å². The molecule has 0 unspecified atom stereocenters. The van der Waals surface area contributed by atoms with Crippen LogP contribution in [0.3, 0.4) is 0 Å². The summed E-state index contributed by atoms with van der Waals surface area (Å²) in [6, 6.07) is 15.7. The van der Waals surface area contributed by atoms with Crippen molar-refractivity contribution in [3.63, 3.8) is 0 Å². The number of halogens is 2. The number of rotatable bonds is 6. The van der Waals surface area contributed by atoms with Crippen molar-refractivity contribution in [2.75, 3.05) is 38.2 Å². The smallest absolute Gasteiger partial charge is 0.254 e. The Morgan fingerprint density at radius 2 is 1.81 bits per heavy atom. The second-order valence-electron chi connectivity index (χ2n) is 9.10. The molecular formula is C26H27Cl2N7O2. The molecule has 0 bridgehead atoms. The maximum atomic E-state index is 13.7. The van der Waals surface area contributed by atoms with Gasteiger partial charge in [-0.2, -0.15) is 0 Å². The number of nitrogens with one attached hydrogen (secondary N) is 2. The van der Waals surface area contributed by atoms with E-state index in [9.17, 15) is 9.59 Å². The van der Waals surface area contributed by atoms with Crippen LogP contribution in [0.4, 0.5) is 5.69 Å². The quantitative estimate of drug-likeness (QED) is 0.465. The van der Waals surface area contributed by atoms with Crippen LogP contribution in [-0.2, 0) is 11.2 Å². The van der Waals surface area contributed by atoms with Crippen molar-refractivity contribution in [2.45, 2.75) is 12.5 Å². The third-order valence-corrected chi connectivity index (χ3v) is 7.00. The van der Waals surface area contributed by atoms with E-state index in [0.717, 1.165) is 18.7 Å². The summed E-state index contributed by atoms with van der Waals surface area (Å²) >= 11 is 12.3. The fraction of sp³-hybridized carbons (Fsp3) is 0.269. The molecule has 11 heteroatoms. The summed E-state index contributed by atoms with van der Waals surface area (Å²) < 4.78 is 1.44. The minimum atomic E-state index is -0.704. The monoisotopic (exact) mass is 539 g/mol. The zero-order chi connectivity index (χ0) is 25.9. The summed E-state index contributed by atoms with van der Waals surface area (Å²) in [5, 5.41) is 2.59. The second-order valence-corrected chi connectivity index (χ2v) is 9.94. The topological polar surface area (TPSA) is 85.7 Å². The van der Waals surface area contributed by atoms with Crippen LogP contribution in [0.1, 0.15) is 11.6 Å². The molecule has 0 spiro atoms. The van der Waals surface area contributed by atoms with E-state index >= 15 is 0 Å². The first-order chi connectivity index (χ1) is 17.9. The first kappa shape index (κ1) is 25.3. The average molecular weight is 540 g/mol. The molecule has 9 nitrogen and oxygen atoms in total. The van der Waals surface area contributed by atoms with Gasteiger partial charge in [-0.1, -0.05) is 53.5 Å². The Bertz CT molecular complexity index is 1370. The number of nitrogens with zero attached hydrogens (tertiary/aromatic N) is 5. The fourth-order valence-corrected chi connectivity index (χ4v) is 4.83. The molecule has 192 valence electrons. The van der Waals surface area contributed by atoms with E-state index in [1.54, 1.807) is 29.4 Å². The lowest BCUT2D eigenvalue weighted by atomic mass is 10.0. The number of carbonyl (C=O) groups is 1. The van der Waals surface area contributed by atoms with Crippen molar-refractivity contribution < 1.29 is 4.79 Å². The van der Waals surface area contributed by atoms with Gasteiger partial charge in [0.2, 0.25) is 5.91 Å². The van der Waals surface area contributed by atoms with Crippen LogP contribution in [0.5, 0.6) is 0 Å².